The van der Waals surface area contributed by atoms with Crippen molar-refractivity contribution in [1.82, 2.24) is 4.90 Å². The summed E-state index contributed by atoms with van der Waals surface area (Å²) in [5, 5.41) is 0.306. The minimum absolute atomic E-state index is 0.107. The average molecular weight is 283 g/mol. The molecule has 0 spiro atoms. The third-order valence-corrected chi connectivity index (χ3v) is 5.04. The second-order valence-corrected chi connectivity index (χ2v) is 6.27. The van der Waals surface area contributed by atoms with Gasteiger partial charge in [0.2, 0.25) is 0 Å². The molecule has 3 heteroatoms. The number of carbonyl (C=O) groups excluding carboxylic acids is 1. The molecule has 102 valence electrons. The summed E-state index contributed by atoms with van der Waals surface area (Å²) >= 11 is 1.42. The molecule has 0 bridgehead atoms. The lowest BCUT2D eigenvalue weighted by atomic mass is 9.97. The van der Waals surface area contributed by atoms with Crippen LogP contribution in [0.25, 0.3) is 0 Å². The van der Waals surface area contributed by atoms with E-state index in [4.69, 9.17) is 0 Å². The van der Waals surface area contributed by atoms with Gasteiger partial charge in [0.15, 0.2) is 0 Å². The standard InChI is InChI=1S/C17H17NOS/c1-12-8-10-13(11-9-12)15-16(20-17(19)18(15)2)14-6-4-3-5-7-14/h3-11,15-16H,1-2H3. The predicted molar refractivity (Wildman–Crippen MR) is 83.9 cm³/mol. The van der Waals surface area contributed by atoms with E-state index in [1.165, 1.54) is 28.5 Å². The zero-order chi connectivity index (χ0) is 14.1. The number of carbonyl (C=O) groups is 1. The summed E-state index contributed by atoms with van der Waals surface area (Å²) in [6.07, 6.45) is 0. The normalized spacial score (nSPS) is 22.3. The van der Waals surface area contributed by atoms with Gasteiger partial charge in [-0.2, -0.15) is 0 Å². The van der Waals surface area contributed by atoms with E-state index in [1.54, 1.807) is 0 Å². The van der Waals surface area contributed by atoms with Crippen LogP contribution in [-0.4, -0.2) is 17.2 Å². The fourth-order valence-electron chi connectivity index (χ4n) is 2.63. The first kappa shape index (κ1) is 13.3. The van der Waals surface area contributed by atoms with Gasteiger partial charge in [-0.05, 0) is 18.1 Å². The Bertz CT molecular complexity index is 609. The van der Waals surface area contributed by atoms with Crippen LogP contribution >= 0.6 is 11.8 Å². The highest BCUT2D eigenvalue weighted by atomic mass is 32.2. The highest BCUT2D eigenvalue weighted by molar-refractivity contribution is 8.14. The Kier molecular flexibility index (Phi) is 3.53. The molecule has 0 aromatic heterocycles. The molecular formula is C17H17NOS. The van der Waals surface area contributed by atoms with E-state index in [9.17, 15) is 4.79 Å². The van der Waals surface area contributed by atoms with E-state index in [2.05, 4.69) is 43.3 Å². The van der Waals surface area contributed by atoms with E-state index >= 15 is 0 Å². The Morgan fingerprint density at radius 2 is 1.60 bits per heavy atom. The summed E-state index contributed by atoms with van der Waals surface area (Å²) in [6, 6.07) is 18.9. The smallest absolute Gasteiger partial charge is 0.282 e. The molecule has 0 saturated carbocycles. The van der Waals surface area contributed by atoms with Gasteiger partial charge < -0.3 is 4.90 Å². The van der Waals surface area contributed by atoms with Crippen LogP contribution in [0.15, 0.2) is 54.6 Å². The molecule has 1 fully saturated rings. The molecule has 2 nitrogen and oxygen atoms in total. The van der Waals surface area contributed by atoms with Gasteiger partial charge in [0.25, 0.3) is 5.24 Å². The van der Waals surface area contributed by atoms with Crippen LogP contribution in [0, 0.1) is 6.92 Å². The maximum atomic E-state index is 12.1. The Balaban J connectivity index is 2.01. The summed E-state index contributed by atoms with van der Waals surface area (Å²) in [7, 11) is 1.89. The molecular weight excluding hydrogens is 266 g/mol. The number of aryl methyl sites for hydroxylation is 1. The first-order chi connectivity index (χ1) is 9.66. The van der Waals surface area contributed by atoms with Gasteiger partial charge >= 0.3 is 0 Å². The van der Waals surface area contributed by atoms with Crippen molar-refractivity contribution >= 4 is 17.0 Å². The molecule has 3 rings (SSSR count). The van der Waals surface area contributed by atoms with Crippen LogP contribution in [-0.2, 0) is 0 Å². The summed E-state index contributed by atoms with van der Waals surface area (Å²) in [5.41, 5.74) is 3.65. The van der Waals surface area contributed by atoms with Gasteiger partial charge in [0.1, 0.15) is 0 Å². The molecule has 0 radical (unpaired) electrons. The fraction of sp³-hybridized carbons (Fsp3) is 0.235. The molecule has 2 aromatic rings. The number of rotatable bonds is 2. The minimum Gasteiger partial charge on any atom is -0.328 e. The van der Waals surface area contributed by atoms with Crippen LogP contribution < -0.4 is 0 Å². The maximum absolute atomic E-state index is 12.1. The molecule has 2 aromatic carbocycles. The lowest BCUT2D eigenvalue weighted by Crippen LogP contribution is -2.23. The van der Waals surface area contributed by atoms with Crippen molar-refractivity contribution in [1.29, 1.82) is 0 Å². The zero-order valence-electron chi connectivity index (χ0n) is 11.6. The topological polar surface area (TPSA) is 20.3 Å². The number of thioether (sulfide) groups is 1. The van der Waals surface area contributed by atoms with Crippen molar-refractivity contribution in [3.63, 3.8) is 0 Å². The molecule has 0 N–H and O–H groups in total. The highest BCUT2D eigenvalue weighted by Crippen LogP contribution is 2.50. The molecule has 20 heavy (non-hydrogen) atoms. The van der Waals surface area contributed by atoms with Crippen molar-refractivity contribution in [3.05, 3.63) is 71.3 Å². The van der Waals surface area contributed by atoms with Gasteiger partial charge in [0.05, 0.1) is 11.3 Å². The minimum atomic E-state index is 0.107. The summed E-state index contributed by atoms with van der Waals surface area (Å²) in [6.45, 7) is 2.08. The van der Waals surface area contributed by atoms with E-state index in [0.29, 0.717) is 0 Å². The van der Waals surface area contributed by atoms with Crippen molar-refractivity contribution in [3.8, 4) is 0 Å². The van der Waals surface area contributed by atoms with Gasteiger partial charge in [-0.25, -0.2) is 0 Å². The molecule has 1 aliphatic rings. The summed E-state index contributed by atoms with van der Waals surface area (Å²) in [4.78, 5) is 14.0. The Labute approximate surface area is 123 Å². The molecule has 2 atom stereocenters. The molecule has 1 amide bonds. The van der Waals surface area contributed by atoms with Crippen molar-refractivity contribution in [2.24, 2.45) is 0 Å². The molecule has 1 heterocycles. The molecule has 1 aliphatic heterocycles. The van der Waals surface area contributed by atoms with Gasteiger partial charge in [-0.1, -0.05) is 71.9 Å². The number of amides is 1. The van der Waals surface area contributed by atoms with Gasteiger partial charge in [-0.15, -0.1) is 0 Å². The Morgan fingerprint density at radius 1 is 0.950 bits per heavy atom. The van der Waals surface area contributed by atoms with E-state index in [1.807, 2.05) is 30.1 Å². The number of hydrogen-bond acceptors (Lipinski definition) is 2. The monoisotopic (exact) mass is 283 g/mol. The maximum Gasteiger partial charge on any atom is 0.282 e. The summed E-state index contributed by atoms with van der Waals surface area (Å²) < 4.78 is 0. The van der Waals surface area contributed by atoms with Crippen LogP contribution in [0.1, 0.15) is 28.0 Å². The number of likely N-dealkylation sites (N-methyl/N-ethyl adjacent to an activating group) is 1. The van der Waals surface area contributed by atoms with Crippen LogP contribution in [0.4, 0.5) is 4.79 Å². The largest absolute Gasteiger partial charge is 0.328 e. The number of benzene rings is 2. The second-order valence-electron chi connectivity index (χ2n) is 5.18. The SMILES string of the molecule is Cc1ccc(C2C(c3ccccc3)SC(=O)N2C)cc1. The van der Waals surface area contributed by atoms with Gasteiger partial charge in [-0.3, -0.25) is 4.79 Å². The molecule has 2 unspecified atom stereocenters. The van der Waals surface area contributed by atoms with E-state index in [0.717, 1.165) is 0 Å². The zero-order valence-corrected chi connectivity index (χ0v) is 12.4. The summed E-state index contributed by atoms with van der Waals surface area (Å²) in [5.74, 6) is 0. The van der Waals surface area contributed by atoms with E-state index in [-0.39, 0.29) is 16.5 Å². The highest BCUT2D eigenvalue weighted by Gasteiger charge is 2.40. The Hall–Kier alpha value is -1.74. The van der Waals surface area contributed by atoms with Gasteiger partial charge in [0, 0.05) is 7.05 Å². The van der Waals surface area contributed by atoms with Crippen molar-refractivity contribution < 1.29 is 4.79 Å². The third-order valence-electron chi connectivity index (χ3n) is 3.77. The van der Waals surface area contributed by atoms with E-state index < -0.39 is 0 Å². The third kappa shape index (κ3) is 2.34. The molecule has 1 saturated heterocycles. The first-order valence-corrected chi connectivity index (χ1v) is 7.60. The predicted octanol–water partition coefficient (Wildman–Crippen LogP) is 4.58. The molecule has 0 aliphatic carbocycles. The quantitative estimate of drug-likeness (QED) is 0.804. The van der Waals surface area contributed by atoms with Crippen LogP contribution in [0.2, 0.25) is 0 Å². The van der Waals surface area contributed by atoms with Crippen molar-refractivity contribution in [2.75, 3.05) is 7.05 Å². The average Bonchev–Trinajstić information content (AvgIpc) is 2.77. The number of nitrogens with zero attached hydrogens (tertiary/aromatic N) is 1. The Morgan fingerprint density at radius 3 is 2.25 bits per heavy atom. The lowest BCUT2D eigenvalue weighted by Gasteiger charge is -2.24. The number of hydrogen-bond donors (Lipinski definition) is 0. The first-order valence-electron chi connectivity index (χ1n) is 6.72. The fourth-order valence-corrected chi connectivity index (χ4v) is 3.89. The van der Waals surface area contributed by atoms with Crippen LogP contribution in [0.5, 0.6) is 0 Å². The second kappa shape index (κ2) is 5.33. The van der Waals surface area contributed by atoms with Crippen LogP contribution in [0.3, 0.4) is 0 Å². The lowest BCUT2D eigenvalue weighted by molar-refractivity contribution is 0.221. The van der Waals surface area contributed by atoms with Crippen molar-refractivity contribution in [2.45, 2.75) is 18.2 Å².